The Balaban J connectivity index is 1.48. The van der Waals surface area contributed by atoms with E-state index in [1.54, 1.807) is 24.8 Å². The maximum atomic E-state index is 12.6. The molecule has 10 heteroatoms. The molecule has 1 fully saturated rings. The summed E-state index contributed by atoms with van der Waals surface area (Å²) in [4.78, 5) is 35.3. The van der Waals surface area contributed by atoms with Crippen LogP contribution in [0.2, 0.25) is 0 Å². The molecule has 1 aliphatic heterocycles. The lowest BCUT2D eigenvalue weighted by Gasteiger charge is -2.32. The number of aromatic amines is 1. The van der Waals surface area contributed by atoms with Crippen molar-refractivity contribution in [3.63, 3.8) is 0 Å². The summed E-state index contributed by atoms with van der Waals surface area (Å²) in [5.74, 6) is 1.31. The highest BCUT2D eigenvalue weighted by Crippen LogP contribution is 2.28. The first-order chi connectivity index (χ1) is 16.6. The molecule has 0 saturated carbocycles. The van der Waals surface area contributed by atoms with Crippen LogP contribution in [0.25, 0.3) is 22.0 Å². The molecule has 0 aliphatic carbocycles. The van der Waals surface area contributed by atoms with Gasteiger partial charge in [0.25, 0.3) is 5.56 Å². The first-order valence-electron chi connectivity index (χ1n) is 11.2. The van der Waals surface area contributed by atoms with E-state index in [0.717, 1.165) is 30.0 Å². The number of hydrogen-bond acceptors (Lipinski definition) is 9. The minimum absolute atomic E-state index is 0.171. The first kappa shape index (κ1) is 21.8. The molecule has 2 N–H and O–H groups in total. The van der Waals surface area contributed by atoms with Gasteiger partial charge in [0.15, 0.2) is 0 Å². The zero-order valence-corrected chi connectivity index (χ0v) is 19.0. The molecular weight excluding hydrogens is 434 g/mol. The summed E-state index contributed by atoms with van der Waals surface area (Å²) in [5, 5.41) is 4.48. The summed E-state index contributed by atoms with van der Waals surface area (Å²) in [6, 6.07) is 7.87. The molecule has 1 aliphatic rings. The third-order valence-corrected chi connectivity index (χ3v) is 5.53. The molecule has 1 saturated heterocycles. The fourth-order valence-corrected chi connectivity index (χ4v) is 3.91. The van der Waals surface area contributed by atoms with Crippen molar-refractivity contribution in [2.24, 2.45) is 0 Å². The maximum absolute atomic E-state index is 12.6. The number of nitrogens with one attached hydrogen (secondary N) is 2. The third kappa shape index (κ3) is 4.53. The van der Waals surface area contributed by atoms with Crippen molar-refractivity contribution in [2.75, 3.05) is 36.5 Å². The number of H-pyrrole nitrogens is 1. The zero-order chi connectivity index (χ0) is 23.5. The van der Waals surface area contributed by atoms with Crippen molar-refractivity contribution in [1.82, 2.24) is 24.9 Å². The van der Waals surface area contributed by atoms with Gasteiger partial charge in [0.2, 0.25) is 0 Å². The predicted molar refractivity (Wildman–Crippen MR) is 130 cm³/mol. The Bertz CT molecular complexity index is 1340. The molecule has 0 aromatic carbocycles. The lowest BCUT2D eigenvalue weighted by molar-refractivity contribution is 0.0529. The fraction of sp³-hybridized carbons (Fsp3) is 0.292. The highest BCUT2D eigenvalue weighted by Gasteiger charge is 2.18. The van der Waals surface area contributed by atoms with E-state index >= 15 is 0 Å². The standard InChI is InChI=1S/C24H25N7O3/c1-3-33-24-27-11-17(12-28-24)19-10-16-6-7-25-23(32)21(16)22(30-19)29-18-4-5-20(26-13-18)31-8-9-34-15(2)14-31/h4-7,10-13,15H,3,8-9,14H2,1-2H3,(H,25,32)(H,29,30)/t15-/m0/s1. The Morgan fingerprint density at radius 3 is 2.79 bits per heavy atom. The molecule has 4 aromatic heterocycles. The van der Waals surface area contributed by atoms with Crippen molar-refractivity contribution in [1.29, 1.82) is 0 Å². The van der Waals surface area contributed by atoms with Gasteiger partial charge >= 0.3 is 6.01 Å². The number of aromatic nitrogens is 5. The first-order valence-corrected chi connectivity index (χ1v) is 11.2. The number of morpholine rings is 1. The monoisotopic (exact) mass is 459 g/mol. The quantitative estimate of drug-likeness (QED) is 0.448. The van der Waals surface area contributed by atoms with E-state index in [0.29, 0.717) is 41.7 Å². The van der Waals surface area contributed by atoms with Crippen LogP contribution in [0.4, 0.5) is 17.3 Å². The fourth-order valence-electron chi connectivity index (χ4n) is 3.91. The minimum atomic E-state index is -0.228. The van der Waals surface area contributed by atoms with E-state index in [1.165, 1.54) is 0 Å². The van der Waals surface area contributed by atoms with E-state index in [-0.39, 0.29) is 11.7 Å². The van der Waals surface area contributed by atoms with Crippen LogP contribution in [0.5, 0.6) is 6.01 Å². The average molecular weight is 460 g/mol. The van der Waals surface area contributed by atoms with Crippen LogP contribution >= 0.6 is 0 Å². The maximum Gasteiger partial charge on any atom is 0.316 e. The summed E-state index contributed by atoms with van der Waals surface area (Å²) in [7, 11) is 0. The molecule has 34 heavy (non-hydrogen) atoms. The molecule has 10 nitrogen and oxygen atoms in total. The zero-order valence-electron chi connectivity index (χ0n) is 19.0. The van der Waals surface area contributed by atoms with E-state index in [4.69, 9.17) is 14.5 Å². The van der Waals surface area contributed by atoms with Crippen LogP contribution < -0.4 is 20.5 Å². The van der Waals surface area contributed by atoms with E-state index < -0.39 is 0 Å². The van der Waals surface area contributed by atoms with Gasteiger partial charge in [0, 0.05) is 37.2 Å². The molecule has 5 heterocycles. The van der Waals surface area contributed by atoms with Crippen molar-refractivity contribution >= 4 is 28.1 Å². The summed E-state index contributed by atoms with van der Waals surface area (Å²) >= 11 is 0. The lowest BCUT2D eigenvalue weighted by Crippen LogP contribution is -2.41. The predicted octanol–water partition coefficient (Wildman–Crippen LogP) is 3.14. The van der Waals surface area contributed by atoms with Gasteiger partial charge in [-0.1, -0.05) is 0 Å². The van der Waals surface area contributed by atoms with Crippen molar-refractivity contribution < 1.29 is 9.47 Å². The van der Waals surface area contributed by atoms with Gasteiger partial charge in [-0.25, -0.2) is 19.9 Å². The van der Waals surface area contributed by atoms with Crippen molar-refractivity contribution in [2.45, 2.75) is 20.0 Å². The number of pyridine rings is 3. The Morgan fingerprint density at radius 2 is 2.06 bits per heavy atom. The van der Waals surface area contributed by atoms with Crippen LogP contribution in [0, 0.1) is 0 Å². The Labute approximate surface area is 196 Å². The number of anilines is 3. The number of rotatable bonds is 6. The van der Waals surface area contributed by atoms with Gasteiger partial charge in [0.05, 0.1) is 42.3 Å². The average Bonchev–Trinajstić information content (AvgIpc) is 2.85. The number of fused-ring (bicyclic) bond motifs is 1. The molecule has 0 amide bonds. The van der Waals surface area contributed by atoms with Gasteiger partial charge in [-0.2, -0.15) is 0 Å². The Kier molecular flexibility index (Phi) is 6.05. The van der Waals surface area contributed by atoms with E-state index in [9.17, 15) is 4.79 Å². The molecule has 1 atom stereocenters. The van der Waals surface area contributed by atoms with Gasteiger partial charge in [-0.15, -0.1) is 0 Å². The van der Waals surface area contributed by atoms with E-state index in [2.05, 4.69) is 37.1 Å². The Morgan fingerprint density at radius 1 is 1.21 bits per heavy atom. The van der Waals surface area contributed by atoms with Gasteiger partial charge in [-0.05, 0) is 43.5 Å². The summed E-state index contributed by atoms with van der Waals surface area (Å²) in [6.07, 6.45) is 6.84. The van der Waals surface area contributed by atoms with Crippen molar-refractivity contribution in [3.8, 4) is 17.3 Å². The molecule has 4 aromatic rings. The van der Waals surface area contributed by atoms with E-state index in [1.807, 2.05) is 31.2 Å². The molecule has 5 rings (SSSR count). The van der Waals surface area contributed by atoms with Crippen molar-refractivity contribution in [3.05, 3.63) is 59.4 Å². The highest BCUT2D eigenvalue weighted by molar-refractivity contribution is 5.95. The molecule has 0 bridgehead atoms. The topological polar surface area (TPSA) is 118 Å². The van der Waals surface area contributed by atoms with Crippen LogP contribution in [0.15, 0.2) is 53.8 Å². The summed E-state index contributed by atoms with van der Waals surface area (Å²) in [5.41, 5.74) is 1.84. The van der Waals surface area contributed by atoms with Crippen LogP contribution in [0.3, 0.4) is 0 Å². The third-order valence-electron chi connectivity index (χ3n) is 5.53. The van der Waals surface area contributed by atoms with Crippen LogP contribution in [0.1, 0.15) is 13.8 Å². The minimum Gasteiger partial charge on any atom is -0.464 e. The second kappa shape index (κ2) is 9.44. The molecular formula is C24H25N7O3. The smallest absolute Gasteiger partial charge is 0.316 e. The molecule has 0 spiro atoms. The van der Waals surface area contributed by atoms with Gasteiger partial charge < -0.3 is 24.7 Å². The summed E-state index contributed by atoms with van der Waals surface area (Å²) in [6.45, 7) is 6.70. The number of ether oxygens (including phenoxy) is 2. The second-order valence-electron chi connectivity index (χ2n) is 7.97. The normalized spacial score (nSPS) is 15.9. The van der Waals surface area contributed by atoms with Crippen LogP contribution in [-0.4, -0.2) is 57.3 Å². The SMILES string of the molecule is CCOc1ncc(-c2cc3cc[nH]c(=O)c3c(Nc3ccc(N4CCO[C@@H](C)C4)nc3)n2)cn1. The second-order valence-corrected chi connectivity index (χ2v) is 7.97. The highest BCUT2D eigenvalue weighted by atomic mass is 16.5. The molecule has 0 radical (unpaired) electrons. The van der Waals surface area contributed by atoms with Gasteiger partial charge in [0.1, 0.15) is 11.6 Å². The molecule has 0 unspecified atom stereocenters. The van der Waals surface area contributed by atoms with Crippen LogP contribution in [-0.2, 0) is 4.74 Å². The largest absolute Gasteiger partial charge is 0.464 e. The Hall–Kier alpha value is -4.05. The molecule has 174 valence electrons. The number of nitrogens with zero attached hydrogens (tertiary/aromatic N) is 5. The lowest BCUT2D eigenvalue weighted by atomic mass is 10.1. The number of hydrogen-bond donors (Lipinski definition) is 2. The van der Waals surface area contributed by atoms with Gasteiger partial charge in [-0.3, -0.25) is 4.79 Å². The summed E-state index contributed by atoms with van der Waals surface area (Å²) < 4.78 is 10.9.